The number of nitrogens with zero attached hydrogens (tertiary/aromatic N) is 3. The van der Waals surface area contributed by atoms with Crippen molar-refractivity contribution in [1.82, 2.24) is 9.97 Å². The molecule has 32 heavy (non-hydrogen) atoms. The molecular formula is C25H18N4O3. The van der Waals surface area contributed by atoms with E-state index in [2.05, 4.69) is 16.0 Å². The molecule has 4 aromatic rings. The lowest BCUT2D eigenvalue weighted by molar-refractivity contribution is 0.0995. The Morgan fingerprint density at radius 3 is 2.50 bits per heavy atom. The number of aromatic nitrogens is 2. The van der Waals surface area contributed by atoms with E-state index in [9.17, 15) is 10.1 Å². The highest BCUT2D eigenvalue weighted by Crippen LogP contribution is 2.35. The third kappa shape index (κ3) is 4.40. The van der Waals surface area contributed by atoms with Crippen LogP contribution in [0.15, 0.2) is 79.1 Å². The van der Waals surface area contributed by atoms with E-state index in [4.69, 9.17) is 15.2 Å². The molecule has 0 aliphatic rings. The maximum absolute atomic E-state index is 11.4. The maximum atomic E-state index is 11.4. The van der Waals surface area contributed by atoms with Gasteiger partial charge in [-0.3, -0.25) is 9.78 Å². The van der Waals surface area contributed by atoms with Crippen LogP contribution in [-0.4, -0.2) is 23.0 Å². The summed E-state index contributed by atoms with van der Waals surface area (Å²) in [6.45, 7) is 0. The molecule has 0 aliphatic heterocycles. The monoisotopic (exact) mass is 422 g/mol. The quantitative estimate of drug-likeness (QED) is 0.487. The van der Waals surface area contributed by atoms with Gasteiger partial charge in [0.05, 0.1) is 30.6 Å². The largest absolute Gasteiger partial charge is 0.495 e. The molecule has 0 atom stereocenters. The fourth-order valence-corrected chi connectivity index (χ4v) is 3.15. The molecule has 0 bridgehead atoms. The maximum Gasteiger partial charge on any atom is 0.267 e. The van der Waals surface area contributed by atoms with Gasteiger partial charge in [-0.05, 0) is 60.7 Å². The smallest absolute Gasteiger partial charge is 0.267 e. The van der Waals surface area contributed by atoms with Crippen LogP contribution in [0.25, 0.3) is 22.4 Å². The van der Waals surface area contributed by atoms with Crippen LogP contribution in [-0.2, 0) is 0 Å². The second-order valence-corrected chi connectivity index (χ2v) is 6.83. The molecule has 2 N–H and O–H groups in total. The van der Waals surface area contributed by atoms with Crippen molar-refractivity contribution in [2.24, 2.45) is 5.73 Å². The van der Waals surface area contributed by atoms with E-state index >= 15 is 0 Å². The van der Waals surface area contributed by atoms with Crippen LogP contribution in [0.4, 0.5) is 0 Å². The summed E-state index contributed by atoms with van der Waals surface area (Å²) < 4.78 is 11.4. The van der Waals surface area contributed by atoms with Crippen molar-refractivity contribution in [2.75, 3.05) is 7.11 Å². The average Bonchev–Trinajstić information content (AvgIpc) is 2.85. The lowest BCUT2D eigenvalue weighted by Gasteiger charge is -2.13. The molecule has 156 valence electrons. The van der Waals surface area contributed by atoms with Crippen LogP contribution in [0.1, 0.15) is 16.1 Å². The first-order chi connectivity index (χ1) is 15.6. The zero-order chi connectivity index (χ0) is 22.5. The molecule has 0 spiro atoms. The molecule has 7 nitrogen and oxygen atoms in total. The number of benzene rings is 2. The van der Waals surface area contributed by atoms with Crippen LogP contribution in [0, 0.1) is 11.3 Å². The van der Waals surface area contributed by atoms with Gasteiger partial charge in [-0.25, -0.2) is 4.98 Å². The Labute approximate surface area is 184 Å². The molecule has 2 heterocycles. The van der Waals surface area contributed by atoms with Gasteiger partial charge in [-0.2, -0.15) is 5.26 Å². The number of hydrogen-bond donors (Lipinski definition) is 1. The van der Waals surface area contributed by atoms with Crippen LogP contribution in [0.2, 0.25) is 0 Å². The van der Waals surface area contributed by atoms with Gasteiger partial charge in [0.1, 0.15) is 22.9 Å². The van der Waals surface area contributed by atoms with Gasteiger partial charge in [-0.15, -0.1) is 0 Å². The Balaban J connectivity index is 1.65. The number of amides is 1. The minimum atomic E-state index is -0.577. The molecule has 1 amide bonds. The van der Waals surface area contributed by atoms with Gasteiger partial charge in [0.2, 0.25) is 0 Å². The van der Waals surface area contributed by atoms with E-state index in [0.29, 0.717) is 28.5 Å². The minimum absolute atomic E-state index is 0.206. The van der Waals surface area contributed by atoms with Gasteiger partial charge in [-0.1, -0.05) is 6.07 Å². The zero-order valence-electron chi connectivity index (χ0n) is 17.1. The van der Waals surface area contributed by atoms with Gasteiger partial charge >= 0.3 is 0 Å². The molecule has 2 aromatic carbocycles. The zero-order valence-corrected chi connectivity index (χ0v) is 17.1. The lowest BCUT2D eigenvalue weighted by Crippen LogP contribution is -2.12. The van der Waals surface area contributed by atoms with Gasteiger partial charge in [0, 0.05) is 22.9 Å². The van der Waals surface area contributed by atoms with Crippen molar-refractivity contribution in [3.8, 4) is 45.7 Å². The molecule has 0 fully saturated rings. The summed E-state index contributed by atoms with van der Waals surface area (Å²) >= 11 is 0. The average molecular weight is 422 g/mol. The molecule has 0 saturated heterocycles. The number of carbonyl (C=O) groups is 1. The van der Waals surface area contributed by atoms with Gasteiger partial charge in [0.15, 0.2) is 0 Å². The number of nitrogens with two attached hydrogens (primary N) is 1. The summed E-state index contributed by atoms with van der Waals surface area (Å²) in [6.07, 6.45) is 3.30. The number of methoxy groups -OCH3 is 1. The first-order valence-electron chi connectivity index (χ1n) is 9.66. The highest BCUT2D eigenvalue weighted by Gasteiger charge is 2.12. The number of hydrogen-bond acceptors (Lipinski definition) is 6. The molecule has 0 unspecified atom stereocenters. The van der Waals surface area contributed by atoms with Crippen LogP contribution < -0.4 is 15.2 Å². The number of rotatable bonds is 6. The summed E-state index contributed by atoms with van der Waals surface area (Å²) in [5.74, 6) is 1.19. The second-order valence-electron chi connectivity index (χ2n) is 6.83. The predicted molar refractivity (Wildman–Crippen MR) is 119 cm³/mol. The van der Waals surface area contributed by atoms with E-state index < -0.39 is 5.91 Å². The number of nitriles is 1. The summed E-state index contributed by atoms with van der Waals surface area (Å²) in [5, 5.41) is 9.32. The van der Waals surface area contributed by atoms with Crippen molar-refractivity contribution in [3.05, 3.63) is 90.4 Å². The Morgan fingerprint density at radius 2 is 1.78 bits per heavy atom. The predicted octanol–water partition coefficient (Wildman–Crippen LogP) is 4.58. The van der Waals surface area contributed by atoms with E-state index in [-0.39, 0.29) is 5.69 Å². The topological polar surface area (TPSA) is 111 Å². The molecule has 0 aliphatic carbocycles. The Bertz CT molecular complexity index is 1330. The molecule has 0 radical (unpaired) electrons. The highest BCUT2D eigenvalue weighted by atomic mass is 16.5. The van der Waals surface area contributed by atoms with Gasteiger partial charge < -0.3 is 15.2 Å². The number of primary amides is 1. The number of pyridine rings is 2. The standard InChI is InChI=1S/C25H18N4O3/c1-31-20-12-18(14-28-15-20)21-11-16(13-26)5-10-24(21)32-19-8-6-17(7-9-19)22-3-2-4-23(29-22)25(27)30/h2-12,14-15H,1H3,(H2,27,30). The molecule has 2 aromatic heterocycles. The van der Waals surface area contributed by atoms with Crippen LogP contribution >= 0.6 is 0 Å². The highest BCUT2D eigenvalue weighted by molar-refractivity contribution is 5.91. The first-order valence-corrected chi connectivity index (χ1v) is 9.66. The van der Waals surface area contributed by atoms with Crippen molar-refractivity contribution in [1.29, 1.82) is 5.26 Å². The first kappa shape index (κ1) is 20.6. The third-order valence-corrected chi connectivity index (χ3v) is 4.75. The van der Waals surface area contributed by atoms with E-state index in [1.54, 1.807) is 68.0 Å². The molecular weight excluding hydrogens is 404 g/mol. The van der Waals surface area contributed by atoms with E-state index in [0.717, 1.165) is 16.7 Å². The Hall–Kier alpha value is -4.70. The van der Waals surface area contributed by atoms with Crippen LogP contribution in [0.5, 0.6) is 17.2 Å². The number of carbonyl (C=O) groups excluding carboxylic acids is 1. The lowest BCUT2D eigenvalue weighted by atomic mass is 10.0. The third-order valence-electron chi connectivity index (χ3n) is 4.75. The SMILES string of the molecule is COc1cncc(-c2cc(C#N)ccc2Oc2ccc(-c3cccc(C(N)=O)n3)cc2)c1. The number of ether oxygens (including phenoxy) is 2. The van der Waals surface area contributed by atoms with Gasteiger partial charge in [0.25, 0.3) is 5.91 Å². The van der Waals surface area contributed by atoms with Crippen molar-refractivity contribution < 1.29 is 14.3 Å². The fourth-order valence-electron chi connectivity index (χ4n) is 3.15. The molecule has 4 rings (SSSR count). The fraction of sp³-hybridized carbons (Fsp3) is 0.0400. The van der Waals surface area contributed by atoms with Crippen LogP contribution in [0.3, 0.4) is 0 Å². The normalized spacial score (nSPS) is 10.2. The summed E-state index contributed by atoms with van der Waals surface area (Å²) in [5.41, 5.74) is 8.96. The van der Waals surface area contributed by atoms with E-state index in [1.165, 1.54) is 0 Å². The Kier molecular flexibility index (Phi) is 5.77. The van der Waals surface area contributed by atoms with E-state index in [1.807, 2.05) is 18.2 Å². The van der Waals surface area contributed by atoms with Crippen molar-refractivity contribution in [2.45, 2.75) is 0 Å². The summed E-state index contributed by atoms with van der Waals surface area (Å²) in [6, 6.07) is 21.6. The van der Waals surface area contributed by atoms with Crippen molar-refractivity contribution in [3.63, 3.8) is 0 Å². The second kappa shape index (κ2) is 8.98. The summed E-state index contributed by atoms with van der Waals surface area (Å²) in [7, 11) is 1.57. The summed E-state index contributed by atoms with van der Waals surface area (Å²) in [4.78, 5) is 19.9. The molecule has 0 saturated carbocycles. The Morgan fingerprint density at radius 1 is 0.969 bits per heavy atom. The van der Waals surface area contributed by atoms with Crippen molar-refractivity contribution >= 4 is 5.91 Å². The molecule has 7 heteroatoms. The minimum Gasteiger partial charge on any atom is -0.495 e.